The van der Waals surface area contributed by atoms with Gasteiger partial charge in [-0.2, -0.15) is 15.0 Å². The molecule has 5 rings (SSSR count). The molecule has 2 aromatic heterocycles. The zero-order valence-corrected chi connectivity index (χ0v) is 17.3. The topological polar surface area (TPSA) is 96.3 Å². The molecular formula is C20H17ClN6O2S. The molecule has 3 heterocycles. The molecule has 0 saturated carbocycles. The second-order valence-electron chi connectivity index (χ2n) is 6.67. The molecule has 0 spiro atoms. The van der Waals surface area contributed by atoms with Crippen molar-refractivity contribution < 1.29 is 9.84 Å². The Morgan fingerprint density at radius 2 is 1.87 bits per heavy atom. The van der Waals surface area contributed by atoms with E-state index >= 15 is 0 Å². The van der Waals surface area contributed by atoms with Crippen LogP contribution in [0, 0.1) is 0 Å². The molecule has 1 saturated heterocycles. The molecule has 1 fully saturated rings. The number of halogens is 1. The lowest BCUT2D eigenvalue weighted by atomic mass is 10.2. The largest absolute Gasteiger partial charge is 0.507 e. The molecule has 152 valence electrons. The van der Waals surface area contributed by atoms with Crippen LogP contribution in [0.3, 0.4) is 0 Å². The van der Waals surface area contributed by atoms with Crippen LogP contribution in [0.4, 0.5) is 17.6 Å². The number of nitrogens with zero attached hydrogens (tertiary/aromatic N) is 5. The average molecular weight is 441 g/mol. The molecule has 0 unspecified atom stereocenters. The smallest absolute Gasteiger partial charge is 0.233 e. The van der Waals surface area contributed by atoms with E-state index in [1.165, 1.54) is 11.3 Å². The molecule has 30 heavy (non-hydrogen) atoms. The third-order valence-corrected chi connectivity index (χ3v) is 5.91. The van der Waals surface area contributed by atoms with E-state index in [2.05, 4.69) is 25.3 Å². The predicted octanol–water partition coefficient (Wildman–Crippen LogP) is 4.09. The fourth-order valence-electron chi connectivity index (χ4n) is 3.21. The number of aromatic nitrogens is 4. The van der Waals surface area contributed by atoms with E-state index in [4.69, 9.17) is 16.3 Å². The van der Waals surface area contributed by atoms with Gasteiger partial charge >= 0.3 is 0 Å². The van der Waals surface area contributed by atoms with Crippen LogP contribution >= 0.6 is 22.9 Å². The zero-order chi connectivity index (χ0) is 20.5. The van der Waals surface area contributed by atoms with E-state index in [0.717, 1.165) is 15.2 Å². The minimum Gasteiger partial charge on any atom is -0.507 e. The number of hydrogen-bond acceptors (Lipinski definition) is 9. The van der Waals surface area contributed by atoms with Crippen LogP contribution in [0.1, 0.15) is 0 Å². The molecule has 1 aliphatic heterocycles. The van der Waals surface area contributed by atoms with Crippen LogP contribution in [-0.4, -0.2) is 51.3 Å². The molecule has 1 aliphatic rings. The van der Waals surface area contributed by atoms with Crippen molar-refractivity contribution in [2.24, 2.45) is 0 Å². The first-order valence-corrected chi connectivity index (χ1v) is 10.6. The van der Waals surface area contributed by atoms with Gasteiger partial charge in [0.1, 0.15) is 10.8 Å². The molecule has 8 nitrogen and oxygen atoms in total. The Hall–Kier alpha value is -3.01. The van der Waals surface area contributed by atoms with E-state index in [1.54, 1.807) is 6.07 Å². The van der Waals surface area contributed by atoms with Crippen molar-refractivity contribution in [3.8, 4) is 16.3 Å². The van der Waals surface area contributed by atoms with Gasteiger partial charge in [0, 0.05) is 24.8 Å². The molecule has 0 radical (unpaired) electrons. The lowest BCUT2D eigenvalue weighted by Gasteiger charge is -2.26. The van der Waals surface area contributed by atoms with Crippen LogP contribution in [0.25, 0.3) is 20.8 Å². The van der Waals surface area contributed by atoms with Crippen molar-refractivity contribution in [2.45, 2.75) is 0 Å². The highest BCUT2D eigenvalue weighted by atomic mass is 35.5. The van der Waals surface area contributed by atoms with Crippen LogP contribution in [0.2, 0.25) is 5.28 Å². The number of ether oxygens (including phenoxy) is 1. The van der Waals surface area contributed by atoms with Crippen molar-refractivity contribution in [1.82, 2.24) is 19.9 Å². The lowest BCUT2D eigenvalue weighted by Crippen LogP contribution is -2.37. The lowest BCUT2D eigenvalue weighted by molar-refractivity contribution is 0.122. The van der Waals surface area contributed by atoms with Gasteiger partial charge in [0.2, 0.25) is 17.2 Å². The van der Waals surface area contributed by atoms with Gasteiger partial charge in [-0.15, -0.1) is 11.3 Å². The number of hydrogen-bond donors (Lipinski definition) is 2. The molecule has 0 bridgehead atoms. The second-order valence-corrected chi connectivity index (χ2v) is 8.04. The van der Waals surface area contributed by atoms with Crippen molar-refractivity contribution in [3.63, 3.8) is 0 Å². The third-order valence-electron chi connectivity index (χ3n) is 4.67. The number of para-hydroxylation sites is 1. The van der Waals surface area contributed by atoms with Crippen molar-refractivity contribution in [1.29, 1.82) is 0 Å². The fourth-order valence-corrected chi connectivity index (χ4v) is 4.36. The number of rotatable bonds is 4. The van der Waals surface area contributed by atoms with Gasteiger partial charge in [0.25, 0.3) is 0 Å². The van der Waals surface area contributed by atoms with E-state index in [9.17, 15) is 5.11 Å². The van der Waals surface area contributed by atoms with Crippen LogP contribution in [-0.2, 0) is 4.74 Å². The normalized spacial score (nSPS) is 14.2. The quantitative estimate of drug-likeness (QED) is 0.490. The predicted molar refractivity (Wildman–Crippen MR) is 118 cm³/mol. The van der Waals surface area contributed by atoms with Gasteiger partial charge in [0.15, 0.2) is 0 Å². The Labute approximate surface area is 181 Å². The number of anilines is 3. The second kappa shape index (κ2) is 8.02. The number of nitrogens with one attached hydrogen (secondary N) is 1. The number of thiazole rings is 1. The number of benzene rings is 2. The highest BCUT2D eigenvalue weighted by Gasteiger charge is 2.17. The van der Waals surface area contributed by atoms with E-state index in [-0.39, 0.29) is 11.0 Å². The molecule has 10 heteroatoms. The number of fused-ring (bicyclic) bond motifs is 1. The summed E-state index contributed by atoms with van der Waals surface area (Å²) < 4.78 is 6.44. The summed E-state index contributed by atoms with van der Waals surface area (Å²) in [5.74, 6) is 0.923. The maximum Gasteiger partial charge on any atom is 0.233 e. The minimum atomic E-state index is 0.101. The maximum atomic E-state index is 10.6. The molecule has 2 N–H and O–H groups in total. The average Bonchev–Trinajstić information content (AvgIpc) is 3.18. The number of phenolic OH excluding ortho intramolecular Hbond substituents is 1. The maximum absolute atomic E-state index is 10.6. The monoisotopic (exact) mass is 440 g/mol. The number of phenols is 1. The molecule has 0 atom stereocenters. The van der Waals surface area contributed by atoms with Crippen molar-refractivity contribution >= 4 is 50.7 Å². The fraction of sp³-hybridized carbons (Fsp3) is 0.200. The Morgan fingerprint density at radius 1 is 1.03 bits per heavy atom. The third kappa shape index (κ3) is 3.87. The van der Waals surface area contributed by atoms with E-state index in [1.807, 2.05) is 41.3 Å². The summed E-state index contributed by atoms with van der Waals surface area (Å²) in [7, 11) is 0. The first-order chi connectivity index (χ1) is 14.7. The van der Waals surface area contributed by atoms with Gasteiger partial charge in [0.05, 0.1) is 29.0 Å². The van der Waals surface area contributed by atoms with Crippen molar-refractivity contribution in [3.05, 3.63) is 47.7 Å². The van der Waals surface area contributed by atoms with Crippen molar-refractivity contribution in [2.75, 3.05) is 36.5 Å². The van der Waals surface area contributed by atoms with Gasteiger partial charge < -0.3 is 20.1 Å². The van der Waals surface area contributed by atoms with Gasteiger partial charge in [-0.1, -0.05) is 12.1 Å². The van der Waals surface area contributed by atoms with Crippen LogP contribution in [0.5, 0.6) is 5.75 Å². The summed E-state index contributed by atoms with van der Waals surface area (Å²) >= 11 is 7.63. The summed E-state index contributed by atoms with van der Waals surface area (Å²) in [6.07, 6.45) is 0. The Bertz CT molecular complexity index is 1180. The van der Waals surface area contributed by atoms with Gasteiger partial charge in [-0.25, -0.2) is 4.98 Å². The summed E-state index contributed by atoms with van der Waals surface area (Å²) in [5.41, 5.74) is 2.21. The summed E-state index contributed by atoms with van der Waals surface area (Å²) in [4.78, 5) is 19.4. The molecule has 0 amide bonds. The standard InChI is InChI=1S/C20H17ClN6O2S/c21-18-24-19(26-20(25-18)27-7-9-29-10-8-27)22-12-5-6-13(15(28)11-12)17-23-14-3-1-2-4-16(14)30-17/h1-6,11,28H,7-10H2,(H,22,24,25,26). The first kappa shape index (κ1) is 19.0. The van der Waals surface area contributed by atoms with E-state index < -0.39 is 0 Å². The Balaban J connectivity index is 1.40. The van der Waals surface area contributed by atoms with E-state index in [0.29, 0.717) is 49.5 Å². The number of aromatic hydroxyl groups is 1. The molecular weight excluding hydrogens is 424 g/mol. The Kier molecular flexibility index (Phi) is 5.07. The first-order valence-electron chi connectivity index (χ1n) is 9.36. The Morgan fingerprint density at radius 3 is 2.67 bits per heavy atom. The molecule has 4 aromatic rings. The van der Waals surface area contributed by atoms with Crippen LogP contribution < -0.4 is 10.2 Å². The molecule has 0 aliphatic carbocycles. The number of morpholine rings is 1. The van der Waals surface area contributed by atoms with Gasteiger partial charge in [-0.05, 0) is 35.9 Å². The van der Waals surface area contributed by atoms with Crippen LogP contribution in [0.15, 0.2) is 42.5 Å². The SMILES string of the molecule is Oc1cc(Nc2nc(Cl)nc(N3CCOCC3)n2)ccc1-c1nc2ccccc2s1. The summed E-state index contributed by atoms with van der Waals surface area (Å²) in [6, 6.07) is 13.2. The zero-order valence-electron chi connectivity index (χ0n) is 15.7. The summed E-state index contributed by atoms with van der Waals surface area (Å²) in [5, 5.41) is 14.5. The molecule has 2 aromatic carbocycles. The van der Waals surface area contributed by atoms with Gasteiger partial charge in [-0.3, -0.25) is 0 Å². The summed E-state index contributed by atoms with van der Waals surface area (Å²) in [6.45, 7) is 2.62. The highest BCUT2D eigenvalue weighted by Crippen LogP contribution is 2.36. The minimum absolute atomic E-state index is 0.101. The highest BCUT2D eigenvalue weighted by molar-refractivity contribution is 7.21.